The van der Waals surface area contributed by atoms with Gasteiger partial charge in [-0.1, -0.05) is 0 Å². The van der Waals surface area contributed by atoms with Crippen LogP contribution in [-0.2, 0) is 0 Å². The summed E-state index contributed by atoms with van der Waals surface area (Å²) in [4.78, 5) is 26.1. The number of rotatable bonds is 3. The van der Waals surface area contributed by atoms with Crippen LogP contribution in [0.15, 0.2) is 30.6 Å². The van der Waals surface area contributed by atoms with Gasteiger partial charge >= 0.3 is 0 Å². The zero-order valence-corrected chi connectivity index (χ0v) is 11.4. The highest BCUT2D eigenvalue weighted by atomic mass is 19.1. The molecule has 0 atom stereocenters. The van der Waals surface area contributed by atoms with Crippen molar-refractivity contribution in [2.45, 2.75) is 13.8 Å². The summed E-state index contributed by atoms with van der Waals surface area (Å²) in [5, 5.41) is 13.3. The number of anilines is 1. The van der Waals surface area contributed by atoms with E-state index in [4.69, 9.17) is 0 Å². The molecule has 0 spiro atoms. The number of benzene rings is 1. The molecule has 1 N–H and O–H groups in total. The molecule has 0 unspecified atom stereocenters. The Morgan fingerprint density at radius 3 is 2.67 bits per heavy atom. The van der Waals surface area contributed by atoms with Crippen LogP contribution in [-0.4, -0.2) is 15.8 Å². The number of non-ortho nitro benzene ring substituents is 1. The van der Waals surface area contributed by atoms with Crippen LogP contribution in [0.3, 0.4) is 0 Å². The van der Waals surface area contributed by atoms with E-state index in [2.05, 4.69) is 10.3 Å². The highest BCUT2D eigenvalue weighted by molar-refractivity contribution is 6.05. The molecule has 0 aliphatic carbocycles. The summed E-state index contributed by atoms with van der Waals surface area (Å²) in [5.41, 5.74) is 0.510. The number of halogens is 1. The lowest BCUT2D eigenvalue weighted by atomic mass is 10.1. The van der Waals surface area contributed by atoms with Crippen LogP contribution in [0.1, 0.15) is 21.5 Å². The van der Waals surface area contributed by atoms with E-state index in [0.717, 1.165) is 17.7 Å². The summed E-state index contributed by atoms with van der Waals surface area (Å²) in [7, 11) is 0. The predicted octanol–water partition coefficient (Wildman–Crippen LogP) is 3.00. The van der Waals surface area contributed by atoms with E-state index >= 15 is 0 Å². The van der Waals surface area contributed by atoms with E-state index in [1.54, 1.807) is 19.2 Å². The standard InChI is InChI=1S/C14H12FN3O3/c1-8-3-4-16-7-12(8)17-14(19)11-6-10(18(20)21)5-9(2)13(11)15/h3-7H,1-2H3,(H,17,19). The summed E-state index contributed by atoms with van der Waals surface area (Å²) < 4.78 is 14.0. The molecule has 0 bridgehead atoms. The molecule has 2 rings (SSSR count). The molecule has 7 heteroatoms. The highest BCUT2D eigenvalue weighted by Crippen LogP contribution is 2.22. The summed E-state index contributed by atoms with van der Waals surface area (Å²) in [6.45, 7) is 3.13. The van der Waals surface area contributed by atoms with Crippen molar-refractivity contribution >= 4 is 17.3 Å². The van der Waals surface area contributed by atoms with Gasteiger partial charge in [0.25, 0.3) is 11.6 Å². The Bertz CT molecular complexity index is 731. The molecule has 0 saturated heterocycles. The number of aryl methyl sites for hydroxylation is 2. The summed E-state index contributed by atoms with van der Waals surface area (Å²) in [5.74, 6) is -1.53. The van der Waals surface area contributed by atoms with E-state index in [-0.39, 0.29) is 16.8 Å². The molecule has 0 fully saturated rings. The van der Waals surface area contributed by atoms with E-state index < -0.39 is 16.6 Å². The molecule has 0 aliphatic heterocycles. The van der Waals surface area contributed by atoms with Gasteiger partial charge < -0.3 is 5.32 Å². The zero-order chi connectivity index (χ0) is 15.6. The van der Waals surface area contributed by atoms with Crippen LogP contribution in [0.25, 0.3) is 0 Å². The van der Waals surface area contributed by atoms with Crippen LogP contribution in [0, 0.1) is 29.8 Å². The Morgan fingerprint density at radius 1 is 1.33 bits per heavy atom. The lowest BCUT2D eigenvalue weighted by molar-refractivity contribution is -0.385. The van der Waals surface area contributed by atoms with E-state index in [1.807, 2.05) is 0 Å². The molecule has 1 heterocycles. The molecule has 6 nitrogen and oxygen atoms in total. The molecular formula is C14H12FN3O3. The van der Waals surface area contributed by atoms with Gasteiger partial charge in [-0.05, 0) is 31.0 Å². The van der Waals surface area contributed by atoms with Crippen molar-refractivity contribution in [2.75, 3.05) is 5.32 Å². The smallest absolute Gasteiger partial charge is 0.270 e. The topological polar surface area (TPSA) is 85.1 Å². The first kappa shape index (κ1) is 14.6. The zero-order valence-electron chi connectivity index (χ0n) is 11.4. The third-order valence-electron chi connectivity index (χ3n) is 2.98. The van der Waals surface area contributed by atoms with Crippen LogP contribution in [0.2, 0.25) is 0 Å². The molecule has 0 radical (unpaired) electrons. The number of nitro benzene ring substituents is 1. The van der Waals surface area contributed by atoms with Gasteiger partial charge in [0.15, 0.2) is 0 Å². The molecule has 108 valence electrons. The number of pyridine rings is 1. The largest absolute Gasteiger partial charge is 0.320 e. The van der Waals surface area contributed by atoms with Gasteiger partial charge in [0.05, 0.1) is 22.4 Å². The van der Waals surface area contributed by atoms with Crippen molar-refractivity contribution < 1.29 is 14.1 Å². The molecule has 1 amide bonds. The minimum Gasteiger partial charge on any atom is -0.320 e. The van der Waals surface area contributed by atoms with E-state index in [0.29, 0.717) is 5.69 Å². The fourth-order valence-corrected chi connectivity index (χ4v) is 1.81. The second-order valence-electron chi connectivity index (χ2n) is 4.53. The van der Waals surface area contributed by atoms with Crippen LogP contribution in [0.5, 0.6) is 0 Å². The molecule has 1 aromatic heterocycles. The first-order valence-corrected chi connectivity index (χ1v) is 6.06. The first-order chi connectivity index (χ1) is 9.90. The van der Waals surface area contributed by atoms with E-state index in [1.165, 1.54) is 13.1 Å². The Morgan fingerprint density at radius 2 is 2.05 bits per heavy atom. The maximum Gasteiger partial charge on any atom is 0.270 e. The van der Waals surface area contributed by atoms with Crippen LogP contribution >= 0.6 is 0 Å². The van der Waals surface area contributed by atoms with Crippen LogP contribution in [0.4, 0.5) is 15.8 Å². The van der Waals surface area contributed by atoms with Gasteiger partial charge in [-0.25, -0.2) is 4.39 Å². The molecule has 1 aromatic carbocycles. The molecule has 2 aromatic rings. The van der Waals surface area contributed by atoms with Crippen molar-refractivity contribution in [3.05, 3.63) is 63.2 Å². The molecular weight excluding hydrogens is 277 g/mol. The fourth-order valence-electron chi connectivity index (χ4n) is 1.81. The minimum atomic E-state index is -0.778. The second-order valence-corrected chi connectivity index (χ2v) is 4.53. The summed E-state index contributed by atoms with van der Waals surface area (Å²) >= 11 is 0. The fraction of sp³-hybridized carbons (Fsp3) is 0.143. The summed E-state index contributed by atoms with van der Waals surface area (Å²) in [6.07, 6.45) is 2.98. The number of carbonyl (C=O) groups is 1. The van der Waals surface area contributed by atoms with Gasteiger partial charge in [-0.2, -0.15) is 0 Å². The van der Waals surface area contributed by atoms with Gasteiger partial charge in [0.2, 0.25) is 0 Å². The Labute approximate surface area is 119 Å². The van der Waals surface area contributed by atoms with E-state index in [9.17, 15) is 19.3 Å². The van der Waals surface area contributed by atoms with Crippen molar-refractivity contribution in [3.63, 3.8) is 0 Å². The lowest BCUT2D eigenvalue weighted by Gasteiger charge is -2.09. The van der Waals surface area contributed by atoms with Crippen LogP contribution < -0.4 is 5.32 Å². The SMILES string of the molecule is Cc1ccncc1NC(=O)c1cc([N+](=O)[O-])cc(C)c1F. The Kier molecular flexibility index (Phi) is 3.93. The first-order valence-electron chi connectivity index (χ1n) is 6.06. The van der Waals surface area contributed by atoms with Gasteiger partial charge in [-0.3, -0.25) is 19.9 Å². The quantitative estimate of drug-likeness (QED) is 0.695. The predicted molar refractivity (Wildman–Crippen MR) is 74.7 cm³/mol. The highest BCUT2D eigenvalue weighted by Gasteiger charge is 2.20. The van der Waals surface area contributed by atoms with Crippen molar-refractivity contribution in [2.24, 2.45) is 0 Å². The van der Waals surface area contributed by atoms with Crippen molar-refractivity contribution in [1.29, 1.82) is 0 Å². The second kappa shape index (κ2) is 5.66. The average molecular weight is 289 g/mol. The number of nitro groups is 1. The monoisotopic (exact) mass is 289 g/mol. The molecule has 21 heavy (non-hydrogen) atoms. The molecule has 0 saturated carbocycles. The molecule has 0 aliphatic rings. The third kappa shape index (κ3) is 3.02. The number of hydrogen-bond donors (Lipinski definition) is 1. The number of hydrogen-bond acceptors (Lipinski definition) is 4. The maximum atomic E-state index is 14.0. The third-order valence-corrected chi connectivity index (χ3v) is 2.98. The number of carbonyl (C=O) groups excluding carboxylic acids is 1. The van der Waals surface area contributed by atoms with Gasteiger partial charge in [-0.15, -0.1) is 0 Å². The lowest BCUT2D eigenvalue weighted by Crippen LogP contribution is -2.15. The van der Waals surface area contributed by atoms with Crippen molar-refractivity contribution in [1.82, 2.24) is 4.98 Å². The Hall–Kier alpha value is -2.83. The van der Waals surface area contributed by atoms with Crippen molar-refractivity contribution in [3.8, 4) is 0 Å². The number of aromatic nitrogens is 1. The maximum absolute atomic E-state index is 14.0. The normalized spacial score (nSPS) is 10.2. The number of nitrogens with zero attached hydrogens (tertiary/aromatic N) is 2. The average Bonchev–Trinajstić information content (AvgIpc) is 2.43. The number of nitrogens with one attached hydrogen (secondary N) is 1. The minimum absolute atomic E-state index is 0.0391. The van der Waals surface area contributed by atoms with Gasteiger partial charge in [0, 0.05) is 18.3 Å². The number of amides is 1. The Balaban J connectivity index is 2.39. The summed E-state index contributed by atoms with van der Waals surface area (Å²) in [6, 6.07) is 3.69. The van der Waals surface area contributed by atoms with Gasteiger partial charge in [0.1, 0.15) is 5.82 Å².